The zero-order valence-corrected chi connectivity index (χ0v) is 45.2. The van der Waals surface area contributed by atoms with Gasteiger partial charge in [0, 0.05) is 73.6 Å². The molecular formula is C58H56F6N10O8. The number of amides is 2. The smallest absolute Gasteiger partial charge is 0.433 e. The third-order valence-electron chi connectivity index (χ3n) is 14.8. The van der Waals surface area contributed by atoms with Crippen molar-refractivity contribution in [3.63, 3.8) is 0 Å². The fourth-order valence-corrected chi connectivity index (χ4v) is 10.8. The lowest BCUT2D eigenvalue weighted by Gasteiger charge is -2.42. The molecule has 4 atom stereocenters. The average molecular weight is 1140 g/mol. The molecule has 0 aliphatic carbocycles. The average Bonchev–Trinajstić information content (AvgIpc) is 4.24. The summed E-state index contributed by atoms with van der Waals surface area (Å²) in [4.78, 5) is 67.4. The van der Waals surface area contributed by atoms with Crippen molar-refractivity contribution < 1.29 is 65.2 Å². The number of methoxy groups -OCH3 is 2. The van der Waals surface area contributed by atoms with Gasteiger partial charge in [-0.2, -0.15) is 36.5 Å². The summed E-state index contributed by atoms with van der Waals surface area (Å²) < 4.78 is 97.4. The molecule has 428 valence electrons. The van der Waals surface area contributed by atoms with E-state index in [9.17, 15) is 55.7 Å². The van der Waals surface area contributed by atoms with Gasteiger partial charge in [-0.25, -0.2) is 19.0 Å². The maximum atomic E-state index is 14.3. The van der Waals surface area contributed by atoms with E-state index in [4.69, 9.17) is 9.47 Å². The van der Waals surface area contributed by atoms with Gasteiger partial charge in [-0.1, -0.05) is 60.7 Å². The number of hydrogen-bond acceptors (Lipinski definition) is 12. The van der Waals surface area contributed by atoms with E-state index in [1.165, 1.54) is 37.9 Å². The predicted molar refractivity (Wildman–Crippen MR) is 287 cm³/mol. The van der Waals surface area contributed by atoms with Crippen LogP contribution in [0.25, 0.3) is 33.8 Å². The zero-order chi connectivity index (χ0) is 58.9. The molecule has 18 nitrogen and oxygen atoms in total. The Kier molecular flexibility index (Phi) is 16.4. The minimum absolute atomic E-state index is 0.0663. The number of halogens is 6. The van der Waals surface area contributed by atoms with Crippen LogP contribution in [0.15, 0.2) is 122 Å². The van der Waals surface area contributed by atoms with Crippen LogP contribution in [-0.2, 0) is 21.9 Å². The number of carboxylic acid groups (broad SMARTS) is 2. The van der Waals surface area contributed by atoms with Gasteiger partial charge in [0.2, 0.25) is 0 Å². The molecule has 2 N–H and O–H groups in total. The molecule has 2 aliphatic rings. The van der Waals surface area contributed by atoms with Crippen LogP contribution in [0.5, 0.6) is 11.5 Å². The Bertz CT molecular complexity index is 3420. The van der Waals surface area contributed by atoms with Crippen LogP contribution >= 0.6 is 0 Å². The van der Waals surface area contributed by atoms with E-state index in [0.29, 0.717) is 42.8 Å². The Morgan fingerprint density at radius 3 is 1.17 bits per heavy atom. The summed E-state index contributed by atoms with van der Waals surface area (Å²) in [5.74, 6) is -1.98. The fraction of sp³-hybridized carbons (Fsp3) is 0.310. The number of benzene rings is 4. The number of carbonyl (C=O) groups excluding carboxylic acids is 2. The quantitative estimate of drug-likeness (QED) is 0.110. The largest absolute Gasteiger partial charge is 0.497 e. The first-order valence-corrected chi connectivity index (χ1v) is 25.9. The highest BCUT2D eigenvalue weighted by atomic mass is 19.4. The second-order valence-electron chi connectivity index (χ2n) is 19.9. The third-order valence-corrected chi connectivity index (χ3v) is 14.8. The standard InChI is InChI=1S/2C29H28F3N5O4/c2*1-17-16-35(24(28(39)40)20-7-5-4-6-8-20)13-14-36(17)27(38)22-15-33-37-25(29(30,31)32)18(2)23(34-26(22)37)19-9-11-21(41-3)12-10-19/h2*4-12,15,17,24H,13-14,16H2,1-3H3,(H,39,40)/t17-,24+;17-,24-/m11/s1. The van der Waals surface area contributed by atoms with Crippen molar-refractivity contribution in [3.05, 3.63) is 166 Å². The second-order valence-corrected chi connectivity index (χ2v) is 19.9. The van der Waals surface area contributed by atoms with Gasteiger partial charge in [-0.05, 0) is 87.4 Å². The normalized spacial score (nSPS) is 17.0. The Labute approximate surface area is 465 Å². The molecule has 82 heavy (non-hydrogen) atoms. The van der Waals surface area contributed by atoms with E-state index in [1.807, 2.05) is 0 Å². The van der Waals surface area contributed by atoms with Gasteiger partial charge in [0.05, 0.1) is 38.0 Å². The highest BCUT2D eigenvalue weighted by Gasteiger charge is 2.43. The van der Waals surface area contributed by atoms with Crippen molar-refractivity contribution in [1.82, 2.24) is 48.8 Å². The van der Waals surface area contributed by atoms with Gasteiger partial charge in [-0.15, -0.1) is 0 Å². The molecule has 6 heterocycles. The number of ether oxygens (including phenoxy) is 2. The first kappa shape index (κ1) is 57.8. The summed E-state index contributed by atoms with van der Waals surface area (Å²) in [6.07, 6.45) is -7.30. The van der Waals surface area contributed by atoms with Gasteiger partial charge in [-0.3, -0.25) is 29.0 Å². The number of fused-ring (bicyclic) bond motifs is 2. The fourth-order valence-electron chi connectivity index (χ4n) is 10.8. The molecule has 0 bridgehead atoms. The summed E-state index contributed by atoms with van der Waals surface area (Å²) >= 11 is 0. The zero-order valence-electron chi connectivity index (χ0n) is 45.2. The van der Waals surface area contributed by atoms with Crippen LogP contribution in [0, 0.1) is 13.8 Å². The van der Waals surface area contributed by atoms with Gasteiger partial charge in [0.1, 0.15) is 34.7 Å². The van der Waals surface area contributed by atoms with E-state index < -0.39 is 71.7 Å². The second kappa shape index (κ2) is 23.3. The maximum Gasteiger partial charge on any atom is 0.433 e. The molecule has 0 radical (unpaired) electrons. The van der Waals surface area contributed by atoms with Gasteiger partial charge < -0.3 is 29.5 Å². The molecule has 0 unspecified atom stereocenters. The lowest BCUT2D eigenvalue weighted by atomic mass is 10.0. The van der Waals surface area contributed by atoms with Crippen LogP contribution in [0.4, 0.5) is 26.3 Å². The number of alkyl halides is 6. The minimum Gasteiger partial charge on any atom is -0.497 e. The van der Waals surface area contributed by atoms with Crippen LogP contribution in [0.3, 0.4) is 0 Å². The first-order valence-electron chi connectivity index (χ1n) is 25.9. The molecule has 2 saturated heterocycles. The molecule has 24 heteroatoms. The lowest BCUT2D eigenvalue weighted by molar-refractivity contribution is -0.145. The lowest BCUT2D eigenvalue weighted by Crippen LogP contribution is -2.55. The summed E-state index contributed by atoms with van der Waals surface area (Å²) in [5.41, 5.74) is -0.570. The Balaban J connectivity index is 0.000000198. The first-order chi connectivity index (χ1) is 39.0. The molecule has 10 rings (SSSR count). The van der Waals surface area contributed by atoms with Crippen LogP contribution < -0.4 is 9.47 Å². The molecule has 8 aromatic rings. The Morgan fingerprint density at radius 1 is 0.537 bits per heavy atom. The van der Waals surface area contributed by atoms with Crippen molar-refractivity contribution in [2.45, 2.75) is 64.2 Å². The number of hydrogen-bond donors (Lipinski definition) is 2. The third kappa shape index (κ3) is 11.4. The van der Waals surface area contributed by atoms with Gasteiger partial charge >= 0.3 is 24.3 Å². The monoisotopic (exact) mass is 1130 g/mol. The number of carboxylic acids is 2. The minimum atomic E-state index is -4.76. The highest BCUT2D eigenvalue weighted by molar-refractivity contribution is 6.01. The summed E-state index contributed by atoms with van der Waals surface area (Å²) in [7, 11) is 2.97. The topological polar surface area (TPSA) is 201 Å². The Morgan fingerprint density at radius 2 is 0.878 bits per heavy atom. The summed E-state index contributed by atoms with van der Waals surface area (Å²) in [5, 5.41) is 27.7. The summed E-state index contributed by atoms with van der Waals surface area (Å²) in [6.45, 7) is 7.60. The van der Waals surface area contributed by atoms with E-state index in [2.05, 4.69) is 20.2 Å². The van der Waals surface area contributed by atoms with Gasteiger partial charge in [0.25, 0.3) is 11.8 Å². The number of carbonyl (C=O) groups is 4. The van der Waals surface area contributed by atoms with Crippen molar-refractivity contribution in [3.8, 4) is 34.0 Å². The Hall–Kier alpha value is -8.90. The van der Waals surface area contributed by atoms with Crippen molar-refractivity contribution >= 4 is 35.0 Å². The molecule has 2 amide bonds. The van der Waals surface area contributed by atoms with Crippen molar-refractivity contribution in [2.75, 3.05) is 53.5 Å². The number of aromatic nitrogens is 6. The van der Waals surface area contributed by atoms with E-state index >= 15 is 0 Å². The van der Waals surface area contributed by atoms with Crippen LogP contribution in [-0.4, -0.2) is 148 Å². The molecular weight excluding hydrogens is 1080 g/mol. The maximum absolute atomic E-state index is 14.3. The molecule has 2 fully saturated rings. The van der Waals surface area contributed by atoms with Crippen LogP contribution in [0.2, 0.25) is 0 Å². The molecule has 0 spiro atoms. The molecule has 2 aliphatic heterocycles. The van der Waals surface area contributed by atoms with E-state index in [0.717, 1.165) is 12.4 Å². The van der Waals surface area contributed by atoms with Gasteiger partial charge in [0.15, 0.2) is 22.7 Å². The van der Waals surface area contributed by atoms with Crippen molar-refractivity contribution in [1.29, 1.82) is 0 Å². The number of piperazine rings is 2. The molecule has 4 aromatic heterocycles. The summed E-state index contributed by atoms with van der Waals surface area (Å²) in [6, 6.07) is 27.9. The van der Waals surface area contributed by atoms with Crippen LogP contribution in [0.1, 0.15) is 80.3 Å². The van der Waals surface area contributed by atoms with E-state index in [1.54, 1.807) is 133 Å². The molecule has 4 aromatic carbocycles. The predicted octanol–water partition coefficient (Wildman–Crippen LogP) is 9.41. The number of aliphatic carboxylic acids is 2. The van der Waals surface area contributed by atoms with Crippen molar-refractivity contribution in [2.24, 2.45) is 0 Å². The SMILES string of the molecule is COc1ccc(-c2nc3c(C(=O)N4CCN([C@@H](C(=O)O)c5ccccc5)C[C@H]4C)cnn3c(C(F)(F)F)c2C)cc1.COc1ccc(-c2nc3c(C(=O)N4CCN([C@H](C(=O)O)c5ccccc5)C[C@H]4C)cnn3c(C(F)(F)F)c2C)cc1. The molecule has 0 saturated carbocycles. The number of nitrogens with zero attached hydrogens (tertiary/aromatic N) is 10. The number of rotatable bonds is 12. The highest BCUT2D eigenvalue weighted by Crippen LogP contribution is 2.39. The van der Waals surface area contributed by atoms with E-state index in [-0.39, 0.29) is 84.2 Å².